The summed E-state index contributed by atoms with van der Waals surface area (Å²) < 4.78 is 19.3. The molecule has 0 unspecified atom stereocenters. The van der Waals surface area contributed by atoms with Crippen LogP contribution in [0, 0.1) is 5.82 Å². The highest BCUT2D eigenvalue weighted by Crippen LogP contribution is 2.24. The molecular weight excluding hydrogens is 325 g/mol. The number of aromatic carboxylic acids is 1. The first-order valence-electron chi connectivity index (χ1n) is 7.75. The molecule has 0 aliphatic heterocycles. The maximum absolute atomic E-state index is 14.2. The minimum absolute atomic E-state index is 0.107. The zero-order valence-corrected chi connectivity index (χ0v) is 14.3. The first-order chi connectivity index (χ1) is 11.7. The van der Waals surface area contributed by atoms with E-state index in [1.165, 1.54) is 12.1 Å². The van der Waals surface area contributed by atoms with Crippen molar-refractivity contribution in [3.63, 3.8) is 0 Å². The van der Waals surface area contributed by atoms with Crippen LogP contribution in [0.15, 0.2) is 42.5 Å². The average molecular weight is 345 g/mol. The molecule has 132 valence electrons. The summed E-state index contributed by atoms with van der Waals surface area (Å²) in [5, 5.41) is 11.5. The van der Waals surface area contributed by atoms with Crippen LogP contribution in [0.5, 0.6) is 0 Å². The number of carbonyl (C=O) groups excluding carboxylic acids is 1. The number of benzene rings is 2. The highest BCUT2D eigenvalue weighted by molar-refractivity contribution is 5.88. The van der Waals surface area contributed by atoms with Gasteiger partial charge in [-0.1, -0.05) is 24.3 Å². The van der Waals surface area contributed by atoms with E-state index in [1.54, 1.807) is 45.0 Å². The SMILES string of the molecule is CC(C)(C)OC(=O)NCc1cccc(-c2ccc(C(=O)O)cc2F)c1. The summed E-state index contributed by atoms with van der Waals surface area (Å²) in [5.41, 5.74) is 0.970. The number of hydrogen-bond donors (Lipinski definition) is 2. The van der Waals surface area contributed by atoms with E-state index in [4.69, 9.17) is 9.84 Å². The van der Waals surface area contributed by atoms with E-state index >= 15 is 0 Å². The van der Waals surface area contributed by atoms with Gasteiger partial charge in [-0.15, -0.1) is 0 Å². The Morgan fingerprint density at radius 3 is 2.48 bits per heavy atom. The molecule has 6 heteroatoms. The van der Waals surface area contributed by atoms with Crippen molar-refractivity contribution in [2.24, 2.45) is 0 Å². The number of carboxylic acids is 1. The van der Waals surface area contributed by atoms with E-state index in [-0.39, 0.29) is 12.1 Å². The van der Waals surface area contributed by atoms with E-state index in [0.717, 1.165) is 11.6 Å². The molecule has 2 aromatic rings. The van der Waals surface area contributed by atoms with E-state index in [0.29, 0.717) is 11.1 Å². The van der Waals surface area contributed by atoms with Crippen LogP contribution in [0.3, 0.4) is 0 Å². The third kappa shape index (κ3) is 5.31. The van der Waals surface area contributed by atoms with Gasteiger partial charge in [-0.05, 0) is 50.1 Å². The standard InChI is InChI=1S/C19H20FNO4/c1-19(2,3)25-18(24)21-11-12-5-4-6-13(9-12)15-8-7-14(17(22)23)10-16(15)20/h4-10H,11H2,1-3H3,(H,21,24)(H,22,23). The Hall–Kier alpha value is -2.89. The van der Waals surface area contributed by atoms with Crippen LogP contribution in [0.2, 0.25) is 0 Å². The van der Waals surface area contributed by atoms with Gasteiger partial charge in [-0.3, -0.25) is 0 Å². The summed E-state index contributed by atoms with van der Waals surface area (Å²) in [7, 11) is 0. The van der Waals surface area contributed by atoms with Gasteiger partial charge in [-0.2, -0.15) is 0 Å². The fourth-order valence-electron chi connectivity index (χ4n) is 2.22. The normalized spacial score (nSPS) is 11.0. The third-order valence-corrected chi connectivity index (χ3v) is 3.29. The number of carbonyl (C=O) groups is 2. The van der Waals surface area contributed by atoms with Gasteiger partial charge in [0, 0.05) is 12.1 Å². The van der Waals surface area contributed by atoms with E-state index in [2.05, 4.69) is 5.32 Å². The van der Waals surface area contributed by atoms with Gasteiger partial charge in [0.05, 0.1) is 5.56 Å². The number of carboxylic acid groups (broad SMARTS) is 1. The van der Waals surface area contributed by atoms with Crippen molar-refractivity contribution in [3.05, 3.63) is 59.4 Å². The fraction of sp³-hybridized carbons (Fsp3) is 0.263. The molecule has 0 aliphatic rings. The van der Waals surface area contributed by atoms with Gasteiger partial charge in [0.2, 0.25) is 0 Å². The van der Waals surface area contributed by atoms with Crippen molar-refractivity contribution in [1.29, 1.82) is 0 Å². The summed E-state index contributed by atoms with van der Waals surface area (Å²) in [5.74, 6) is -1.79. The molecule has 1 amide bonds. The van der Waals surface area contributed by atoms with Gasteiger partial charge in [0.1, 0.15) is 11.4 Å². The van der Waals surface area contributed by atoms with Crippen molar-refractivity contribution >= 4 is 12.1 Å². The Kier molecular flexibility index (Phi) is 5.41. The molecule has 0 aromatic heterocycles. The second kappa shape index (κ2) is 7.34. The van der Waals surface area contributed by atoms with Crippen LogP contribution in [0.25, 0.3) is 11.1 Å². The van der Waals surface area contributed by atoms with Crippen LogP contribution in [0.1, 0.15) is 36.7 Å². The van der Waals surface area contributed by atoms with Gasteiger partial charge in [0.15, 0.2) is 0 Å². The van der Waals surface area contributed by atoms with Crippen molar-refractivity contribution < 1.29 is 23.8 Å². The lowest BCUT2D eigenvalue weighted by Crippen LogP contribution is -2.32. The summed E-state index contributed by atoms with van der Waals surface area (Å²) in [6, 6.07) is 10.8. The summed E-state index contributed by atoms with van der Waals surface area (Å²) in [6.45, 7) is 5.56. The molecule has 0 radical (unpaired) electrons. The Labute approximate surface area is 145 Å². The summed E-state index contributed by atoms with van der Waals surface area (Å²) in [6.07, 6.45) is -0.533. The first kappa shape index (κ1) is 18.4. The molecule has 0 aliphatic carbocycles. The zero-order valence-electron chi connectivity index (χ0n) is 14.3. The lowest BCUT2D eigenvalue weighted by molar-refractivity contribution is 0.0523. The van der Waals surface area contributed by atoms with Crippen molar-refractivity contribution in [2.45, 2.75) is 32.9 Å². The Balaban J connectivity index is 2.14. The molecule has 2 aromatic carbocycles. The molecule has 2 N–H and O–H groups in total. The molecular formula is C19H20FNO4. The minimum Gasteiger partial charge on any atom is -0.478 e. The average Bonchev–Trinajstić information content (AvgIpc) is 2.51. The van der Waals surface area contributed by atoms with Crippen LogP contribution in [0.4, 0.5) is 9.18 Å². The van der Waals surface area contributed by atoms with Crippen molar-refractivity contribution in [1.82, 2.24) is 5.32 Å². The monoisotopic (exact) mass is 345 g/mol. The highest BCUT2D eigenvalue weighted by Gasteiger charge is 2.16. The Morgan fingerprint density at radius 2 is 1.88 bits per heavy atom. The van der Waals surface area contributed by atoms with E-state index in [9.17, 15) is 14.0 Å². The number of alkyl carbamates (subject to hydrolysis) is 1. The molecule has 0 atom stereocenters. The van der Waals surface area contributed by atoms with E-state index < -0.39 is 23.5 Å². The van der Waals surface area contributed by atoms with Crippen LogP contribution >= 0.6 is 0 Å². The highest BCUT2D eigenvalue weighted by atomic mass is 19.1. The molecule has 0 saturated heterocycles. The van der Waals surface area contributed by atoms with Gasteiger partial charge in [-0.25, -0.2) is 14.0 Å². The largest absolute Gasteiger partial charge is 0.478 e. The second-order valence-electron chi connectivity index (χ2n) is 6.56. The molecule has 2 rings (SSSR count). The number of rotatable bonds is 4. The maximum atomic E-state index is 14.2. The van der Waals surface area contributed by atoms with Crippen LogP contribution in [-0.4, -0.2) is 22.8 Å². The number of hydrogen-bond acceptors (Lipinski definition) is 3. The zero-order chi connectivity index (χ0) is 18.6. The van der Waals surface area contributed by atoms with E-state index in [1.807, 2.05) is 0 Å². The number of halogens is 1. The topological polar surface area (TPSA) is 75.6 Å². The minimum atomic E-state index is -1.18. The predicted octanol–water partition coefficient (Wildman–Crippen LogP) is 4.22. The molecule has 0 spiro atoms. The molecule has 0 bridgehead atoms. The third-order valence-electron chi connectivity index (χ3n) is 3.29. The first-order valence-corrected chi connectivity index (χ1v) is 7.75. The van der Waals surface area contributed by atoms with Crippen LogP contribution < -0.4 is 5.32 Å². The van der Waals surface area contributed by atoms with Gasteiger partial charge >= 0.3 is 12.1 Å². The number of nitrogens with one attached hydrogen (secondary N) is 1. The Bertz CT molecular complexity index is 796. The molecule has 0 fully saturated rings. The lowest BCUT2D eigenvalue weighted by atomic mass is 10.0. The van der Waals surface area contributed by atoms with Gasteiger partial charge in [0.25, 0.3) is 0 Å². The molecule has 5 nitrogen and oxygen atoms in total. The summed E-state index contributed by atoms with van der Waals surface area (Å²) >= 11 is 0. The lowest BCUT2D eigenvalue weighted by Gasteiger charge is -2.19. The van der Waals surface area contributed by atoms with Crippen LogP contribution in [-0.2, 0) is 11.3 Å². The Morgan fingerprint density at radius 1 is 1.16 bits per heavy atom. The quantitative estimate of drug-likeness (QED) is 0.870. The number of ether oxygens (including phenoxy) is 1. The molecule has 0 heterocycles. The predicted molar refractivity (Wildman–Crippen MR) is 91.9 cm³/mol. The second-order valence-corrected chi connectivity index (χ2v) is 6.56. The summed E-state index contributed by atoms with van der Waals surface area (Å²) in [4.78, 5) is 22.6. The van der Waals surface area contributed by atoms with Crippen molar-refractivity contribution in [3.8, 4) is 11.1 Å². The number of amides is 1. The molecule has 0 saturated carbocycles. The smallest absolute Gasteiger partial charge is 0.407 e. The van der Waals surface area contributed by atoms with Gasteiger partial charge < -0.3 is 15.2 Å². The van der Waals surface area contributed by atoms with Crippen molar-refractivity contribution in [2.75, 3.05) is 0 Å². The maximum Gasteiger partial charge on any atom is 0.407 e. The fourth-order valence-corrected chi connectivity index (χ4v) is 2.22. The molecule has 25 heavy (non-hydrogen) atoms.